The van der Waals surface area contributed by atoms with E-state index in [1.54, 1.807) is 24.3 Å². The van der Waals surface area contributed by atoms with E-state index in [-0.39, 0.29) is 0 Å². The van der Waals surface area contributed by atoms with Crippen molar-refractivity contribution in [3.05, 3.63) is 54.6 Å². The van der Waals surface area contributed by atoms with Gasteiger partial charge in [-0.2, -0.15) is 0 Å². The summed E-state index contributed by atoms with van der Waals surface area (Å²) in [5, 5.41) is 8.27. The maximum Gasteiger partial charge on any atom is 0.491 e. The normalized spacial score (nSPS) is 11.4. The third-order valence-electron chi connectivity index (χ3n) is 2.37. The lowest BCUT2D eigenvalue weighted by Crippen LogP contribution is -2.12. The molecular weight excluding hydrogens is 303 g/mol. The van der Waals surface area contributed by atoms with E-state index < -0.39 is 7.67 Å². The number of nitrogens with zero attached hydrogens (tertiary/aromatic N) is 6. The SMILES string of the molecule is O=P(Oc1ccc(Cl)cc1)(n1cncn1)n1cncn1. The highest BCUT2D eigenvalue weighted by Gasteiger charge is 2.32. The van der Waals surface area contributed by atoms with E-state index in [9.17, 15) is 4.57 Å². The third-order valence-corrected chi connectivity index (χ3v) is 4.52. The van der Waals surface area contributed by atoms with Crippen LogP contribution >= 0.6 is 19.3 Å². The van der Waals surface area contributed by atoms with Crippen molar-refractivity contribution in [2.45, 2.75) is 0 Å². The van der Waals surface area contributed by atoms with Gasteiger partial charge in [0.2, 0.25) is 0 Å². The molecule has 20 heavy (non-hydrogen) atoms. The number of benzene rings is 1. The zero-order valence-electron chi connectivity index (χ0n) is 9.94. The molecule has 8 nitrogen and oxygen atoms in total. The van der Waals surface area contributed by atoms with E-state index in [1.165, 1.54) is 25.3 Å². The van der Waals surface area contributed by atoms with Gasteiger partial charge in [-0.1, -0.05) is 11.6 Å². The lowest BCUT2D eigenvalue weighted by molar-refractivity contribution is 0.447. The van der Waals surface area contributed by atoms with Crippen LogP contribution in [0.2, 0.25) is 5.02 Å². The zero-order valence-corrected chi connectivity index (χ0v) is 11.6. The second-order valence-electron chi connectivity index (χ2n) is 3.67. The molecule has 0 fully saturated rings. The van der Waals surface area contributed by atoms with Gasteiger partial charge in [0.05, 0.1) is 0 Å². The Kier molecular flexibility index (Phi) is 3.25. The monoisotopic (exact) mass is 310 g/mol. The Labute approximate surface area is 118 Å². The van der Waals surface area contributed by atoms with E-state index >= 15 is 0 Å². The quantitative estimate of drug-likeness (QED) is 0.686. The maximum absolute atomic E-state index is 13.1. The van der Waals surface area contributed by atoms with Gasteiger partial charge in [0.25, 0.3) is 0 Å². The molecule has 0 amide bonds. The van der Waals surface area contributed by atoms with E-state index in [0.717, 1.165) is 8.90 Å². The summed E-state index contributed by atoms with van der Waals surface area (Å²) in [5.74, 6) is 0.365. The van der Waals surface area contributed by atoms with Gasteiger partial charge in [0.15, 0.2) is 0 Å². The minimum Gasteiger partial charge on any atom is -0.412 e. The van der Waals surface area contributed by atoms with Crippen molar-refractivity contribution in [1.82, 2.24) is 29.1 Å². The van der Waals surface area contributed by atoms with Gasteiger partial charge in [-0.15, -0.1) is 19.1 Å². The molecule has 1 aromatic carbocycles. The van der Waals surface area contributed by atoms with Gasteiger partial charge in [0, 0.05) is 5.02 Å². The lowest BCUT2D eigenvalue weighted by Gasteiger charge is -2.17. The van der Waals surface area contributed by atoms with Crippen LogP contribution in [-0.4, -0.2) is 29.1 Å². The molecule has 0 spiro atoms. The Morgan fingerprint density at radius 2 is 1.55 bits per heavy atom. The van der Waals surface area contributed by atoms with Crippen LogP contribution in [0.3, 0.4) is 0 Å². The molecule has 0 radical (unpaired) electrons. The van der Waals surface area contributed by atoms with Crippen LogP contribution in [0.15, 0.2) is 49.6 Å². The standard InChI is InChI=1S/C10H8ClN6O2P/c11-9-1-3-10(4-2-9)19-20(18,16-7-12-5-14-16)17-8-13-6-15-17/h1-8H. The minimum atomic E-state index is -3.62. The number of rotatable bonds is 4. The first-order valence-electron chi connectivity index (χ1n) is 5.45. The highest BCUT2D eigenvalue weighted by molar-refractivity contribution is 7.55. The zero-order chi connectivity index (χ0) is 14.0. The molecule has 0 aliphatic carbocycles. The summed E-state index contributed by atoms with van der Waals surface area (Å²) < 4.78 is 20.8. The molecule has 3 rings (SSSR count). The molecular formula is C10H8ClN6O2P. The van der Waals surface area contributed by atoms with Gasteiger partial charge in [-0.3, -0.25) is 0 Å². The predicted molar refractivity (Wildman–Crippen MR) is 70.5 cm³/mol. The molecule has 0 aliphatic rings. The fourth-order valence-electron chi connectivity index (χ4n) is 1.48. The first kappa shape index (κ1) is 12.8. The van der Waals surface area contributed by atoms with Crippen molar-refractivity contribution in [2.75, 3.05) is 0 Å². The molecule has 2 aromatic heterocycles. The summed E-state index contributed by atoms with van der Waals surface area (Å²) in [5.41, 5.74) is 0. The number of aromatic nitrogens is 6. The van der Waals surface area contributed by atoms with Crippen molar-refractivity contribution in [1.29, 1.82) is 0 Å². The first-order chi connectivity index (χ1) is 9.68. The third kappa shape index (κ3) is 2.31. The van der Waals surface area contributed by atoms with Crippen LogP contribution in [-0.2, 0) is 4.57 Å². The second kappa shape index (κ2) is 5.07. The van der Waals surface area contributed by atoms with Crippen LogP contribution in [0.5, 0.6) is 5.75 Å². The summed E-state index contributed by atoms with van der Waals surface area (Å²) in [6.45, 7) is 0. The summed E-state index contributed by atoms with van der Waals surface area (Å²) in [7, 11) is -3.62. The highest BCUT2D eigenvalue weighted by atomic mass is 35.5. The highest BCUT2D eigenvalue weighted by Crippen LogP contribution is 2.47. The fraction of sp³-hybridized carbons (Fsp3) is 0. The molecule has 0 bridgehead atoms. The Bertz CT molecular complexity index is 689. The van der Waals surface area contributed by atoms with E-state index in [4.69, 9.17) is 16.1 Å². The largest absolute Gasteiger partial charge is 0.491 e. The van der Waals surface area contributed by atoms with Crippen LogP contribution in [0.1, 0.15) is 0 Å². The Hall–Kier alpha value is -2.18. The molecule has 2 heterocycles. The Balaban J connectivity index is 2.03. The second-order valence-corrected chi connectivity index (χ2v) is 6.09. The Morgan fingerprint density at radius 1 is 1.00 bits per heavy atom. The molecule has 0 aliphatic heterocycles. The lowest BCUT2D eigenvalue weighted by atomic mass is 10.3. The van der Waals surface area contributed by atoms with E-state index in [0.29, 0.717) is 10.8 Å². The van der Waals surface area contributed by atoms with Gasteiger partial charge in [-0.25, -0.2) is 14.5 Å². The maximum atomic E-state index is 13.1. The van der Waals surface area contributed by atoms with Crippen LogP contribution in [0.25, 0.3) is 0 Å². The average Bonchev–Trinajstić information content (AvgIpc) is 3.15. The molecule has 0 saturated carbocycles. The van der Waals surface area contributed by atoms with Gasteiger partial charge < -0.3 is 4.52 Å². The Morgan fingerprint density at radius 3 is 2.00 bits per heavy atom. The van der Waals surface area contributed by atoms with Crippen molar-refractivity contribution >= 4 is 19.3 Å². The van der Waals surface area contributed by atoms with Gasteiger partial charge >= 0.3 is 7.67 Å². The summed E-state index contributed by atoms with van der Waals surface area (Å²) >= 11 is 5.80. The molecule has 0 saturated heterocycles. The predicted octanol–water partition coefficient (Wildman–Crippen LogP) is 2.11. The van der Waals surface area contributed by atoms with Crippen molar-refractivity contribution in [3.63, 3.8) is 0 Å². The van der Waals surface area contributed by atoms with E-state index in [2.05, 4.69) is 20.2 Å². The average molecular weight is 311 g/mol. The first-order valence-corrected chi connectivity index (χ1v) is 7.35. The van der Waals surface area contributed by atoms with Crippen LogP contribution in [0.4, 0.5) is 0 Å². The van der Waals surface area contributed by atoms with Crippen molar-refractivity contribution < 1.29 is 9.09 Å². The van der Waals surface area contributed by atoms with E-state index in [1.807, 2.05) is 0 Å². The van der Waals surface area contributed by atoms with Crippen molar-refractivity contribution in [3.8, 4) is 5.75 Å². The molecule has 0 unspecified atom stereocenters. The molecule has 10 heteroatoms. The molecule has 3 aromatic rings. The molecule has 102 valence electrons. The number of hydrogen-bond acceptors (Lipinski definition) is 6. The molecule has 0 N–H and O–H groups in total. The van der Waals surface area contributed by atoms with Crippen LogP contribution in [0, 0.1) is 0 Å². The smallest absolute Gasteiger partial charge is 0.412 e. The summed E-state index contributed by atoms with van der Waals surface area (Å²) in [6.07, 6.45) is 5.10. The topological polar surface area (TPSA) is 87.7 Å². The summed E-state index contributed by atoms with van der Waals surface area (Å²) in [6, 6.07) is 6.46. The fourth-order valence-corrected chi connectivity index (χ4v) is 3.09. The number of halogens is 1. The molecule has 0 atom stereocenters. The van der Waals surface area contributed by atoms with Crippen molar-refractivity contribution in [2.24, 2.45) is 0 Å². The van der Waals surface area contributed by atoms with Gasteiger partial charge in [0.1, 0.15) is 31.1 Å². The summed E-state index contributed by atoms with van der Waals surface area (Å²) in [4.78, 5) is 7.54. The minimum absolute atomic E-state index is 0.365. The van der Waals surface area contributed by atoms with Crippen LogP contribution < -0.4 is 4.52 Å². The van der Waals surface area contributed by atoms with Gasteiger partial charge in [-0.05, 0) is 24.3 Å². The number of hydrogen-bond donors (Lipinski definition) is 0.